The van der Waals surface area contributed by atoms with E-state index in [1.807, 2.05) is 0 Å². The molecule has 0 aliphatic carbocycles. The topological polar surface area (TPSA) is 121 Å². The van der Waals surface area contributed by atoms with Crippen LogP contribution in [0.25, 0.3) is 0 Å². The van der Waals surface area contributed by atoms with E-state index in [0.717, 1.165) is 0 Å². The standard InChI is InChI=1S/C14H14N4O3/c15-13(18-21)12(9-4-2-1-3-5-9)17-14(20)10-8-16-7-6-11(10)19/h1-8,12,21H,(H2,15,18)(H,16,19)(H,17,20). The molecule has 0 bridgehead atoms. The summed E-state index contributed by atoms with van der Waals surface area (Å²) in [5.41, 5.74) is 5.78. The van der Waals surface area contributed by atoms with E-state index in [0.29, 0.717) is 5.56 Å². The monoisotopic (exact) mass is 286 g/mol. The number of nitrogens with zero attached hydrogens (tertiary/aromatic N) is 1. The van der Waals surface area contributed by atoms with Gasteiger partial charge in [-0.15, -0.1) is 0 Å². The molecule has 7 nitrogen and oxygen atoms in total. The van der Waals surface area contributed by atoms with Crippen LogP contribution in [0.5, 0.6) is 0 Å². The van der Waals surface area contributed by atoms with Crippen LogP contribution in [-0.4, -0.2) is 21.9 Å². The van der Waals surface area contributed by atoms with Crippen molar-refractivity contribution < 1.29 is 10.0 Å². The molecule has 0 aliphatic heterocycles. The average molecular weight is 286 g/mol. The molecule has 0 saturated heterocycles. The van der Waals surface area contributed by atoms with Crippen molar-refractivity contribution in [2.45, 2.75) is 6.04 Å². The molecular weight excluding hydrogens is 272 g/mol. The number of carbonyl (C=O) groups excluding carboxylic acids is 1. The van der Waals surface area contributed by atoms with Crippen LogP contribution < -0.4 is 16.5 Å². The number of hydrogen-bond acceptors (Lipinski definition) is 4. The maximum Gasteiger partial charge on any atom is 0.257 e. The third kappa shape index (κ3) is 3.27. The molecule has 0 saturated carbocycles. The fraction of sp³-hybridized carbons (Fsp3) is 0.0714. The second kappa shape index (κ2) is 6.38. The number of amides is 1. The molecule has 1 amide bonds. The fourth-order valence-electron chi connectivity index (χ4n) is 1.83. The van der Waals surface area contributed by atoms with E-state index in [4.69, 9.17) is 10.9 Å². The Hall–Kier alpha value is -3.09. The van der Waals surface area contributed by atoms with Crippen LogP contribution in [0.1, 0.15) is 22.0 Å². The molecular formula is C14H14N4O3. The zero-order chi connectivity index (χ0) is 15.2. The predicted octanol–water partition coefficient (Wildman–Crippen LogP) is 0.592. The quantitative estimate of drug-likeness (QED) is 0.284. The number of nitrogens with one attached hydrogen (secondary N) is 2. The number of aromatic amines is 1. The first-order valence-corrected chi connectivity index (χ1v) is 6.14. The van der Waals surface area contributed by atoms with Crippen molar-refractivity contribution in [3.05, 3.63) is 70.1 Å². The molecule has 0 fully saturated rings. The van der Waals surface area contributed by atoms with Crippen LogP contribution in [0.3, 0.4) is 0 Å². The van der Waals surface area contributed by atoms with Gasteiger partial charge in [-0.1, -0.05) is 35.5 Å². The van der Waals surface area contributed by atoms with E-state index in [-0.39, 0.29) is 11.4 Å². The molecule has 2 rings (SSSR count). The number of rotatable bonds is 4. The molecule has 1 unspecified atom stereocenters. The van der Waals surface area contributed by atoms with E-state index >= 15 is 0 Å². The van der Waals surface area contributed by atoms with Crippen molar-refractivity contribution in [1.29, 1.82) is 0 Å². The van der Waals surface area contributed by atoms with Crippen molar-refractivity contribution in [2.24, 2.45) is 10.9 Å². The molecule has 21 heavy (non-hydrogen) atoms. The summed E-state index contributed by atoms with van der Waals surface area (Å²) in [5, 5.41) is 14.3. The van der Waals surface area contributed by atoms with Gasteiger partial charge in [-0.05, 0) is 5.56 Å². The van der Waals surface area contributed by atoms with Crippen molar-refractivity contribution in [1.82, 2.24) is 10.3 Å². The van der Waals surface area contributed by atoms with Crippen molar-refractivity contribution in [3.8, 4) is 0 Å². The van der Waals surface area contributed by atoms with Gasteiger partial charge in [0.25, 0.3) is 5.91 Å². The summed E-state index contributed by atoms with van der Waals surface area (Å²) in [4.78, 5) is 26.4. The Balaban J connectivity index is 2.31. The van der Waals surface area contributed by atoms with E-state index in [2.05, 4.69) is 15.5 Å². The Morgan fingerprint density at radius 2 is 2.00 bits per heavy atom. The number of hydrogen-bond donors (Lipinski definition) is 4. The van der Waals surface area contributed by atoms with E-state index < -0.39 is 17.4 Å². The maximum absolute atomic E-state index is 12.1. The molecule has 1 aromatic carbocycles. The van der Waals surface area contributed by atoms with Gasteiger partial charge >= 0.3 is 0 Å². The highest BCUT2D eigenvalue weighted by atomic mass is 16.4. The first-order valence-electron chi connectivity index (χ1n) is 6.14. The number of amidine groups is 1. The Bertz CT molecular complexity index is 709. The Morgan fingerprint density at radius 1 is 1.29 bits per heavy atom. The largest absolute Gasteiger partial charge is 0.409 e. The molecule has 1 heterocycles. The minimum absolute atomic E-state index is 0.0517. The van der Waals surface area contributed by atoms with Gasteiger partial charge in [-0.2, -0.15) is 0 Å². The summed E-state index contributed by atoms with van der Waals surface area (Å²) in [6, 6.07) is 9.18. The normalized spacial score (nSPS) is 12.7. The van der Waals surface area contributed by atoms with Crippen molar-refractivity contribution >= 4 is 11.7 Å². The summed E-state index contributed by atoms with van der Waals surface area (Å²) in [6.45, 7) is 0. The average Bonchev–Trinajstić information content (AvgIpc) is 2.53. The zero-order valence-corrected chi connectivity index (χ0v) is 11.0. The molecule has 108 valence electrons. The van der Waals surface area contributed by atoms with Gasteiger partial charge in [0, 0.05) is 18.5 Å². The zero-order valence-electron chi connectivity index (χ0n) is 11.0. The lowest BCUT2D eigenvalue weighted by molar-refractivity contribution is 0.0944. The van der Waals surface area contributed by atoms with E-state index in [9.17, 15) is 9.59 Å². The lowest BCUT2D eigenvalue weighted by Gasteiger charge is -2.17. The molecule has 0 spiro atoms. The smallest absolute Gasteiger partial charge is 0.257 e. The van der Waals surface area contributed by atoms with Crippen LogP contribution in [0.15, 0.2) is 58.7 Å². The molecule has 7 heteroatoms. The molecule has 0 radical (unpaired) electrons. The summed E-state index contributed by atoms with van der Waals surface area (Å²) in [6.07, 6.45) is 2.73. The number of oxime groups is 1. The van der Waals surface area contributed by atoms with Crippen LogP contribution in [0.2, 0.25) is 0 Å². The van der Waals surface area contributed by atoms with Crippen LogP contribution in [0, 0.1) is 0 Å². The van der Waals surface area contributed by atoms with Crippen LogP contribution in [-0.2, 0) is 0 Å². The maximum atomic E-state index is 12.1. The van der Waals surface area contributed by atoms with Gasteiger partial charge < -0.3 is 21.2 Å². The second-order valence-corrected chi connectivity index (χ2v) is 4.26. The molecule has 1 aromatic heterocycles. The lowest BCUT2D eigenvalue weighted by atomic mass is 10.1. The number of pyridine rings is 1. The SMILES string of the molecule is N/C(=N/O)C(NC(=O)c1c[nH]ccc1=O)c1ccccc1. The Kier molecular flexibility index (Phi) is 4.35. The number of benzene rings is 1. The summed E-state index contributed by atoms with van der Waals surface area (Å²) >= 11 is 0. The highest BCUT2D eigenvalue weighted by Crippen LogP contribution is 2.13. The van der Waals surface area contributed by atoms with Gasteiger partial charge in [0.1, 0.15) is 11.6 Å². The van der Waals surface area contributed by atoms with Gasteiger partial charge in [0.2, 0.25) is 0 Å². The Labute approximate surface area is 120 Å². The summed E-state index contributed by atoms with van der Waals surface area (Å²) in [7, 11) is 0. The first kappa shape index (κ1) is 14.3. The van der Waals surface area contributed by atoms with Gasteiger partial charge in [-0.25, -0.2) is 0 Å². The highest BCUT2D eigenvalue weighted by Gasteiger charge is 2.21. The van der Waals surface area contributed by atoms with Gasteiger partial charge in [-0.3, -0.25) is 9.59 Å². The summed E-state index contributed by atoms with van der Waals surface area (Å²) in [5.74, 6) is -0.792. The Morgan fingerprint density at radius 3 is 2.62 bits per heavy atom. The highest BCUT2D eigenvalue weighted by molar-refractivity contribution is 5.98. The third-order valence-electron chi connectivity index (χ3n) is 2.89. The number of H-pyrrole nitrogens is 1. The van der Waals surface area contributed by atoms with E-state index in [1.54, 1.807) is 30.3 Å². The molecule has 0 aliphatic rings. The number of aromatic nitrogens is 1. The molecule has 5 N–H and O–H groups in total. The van der Waals surface area contributed by atoms with E-state index in [1.165, 1.54) is 18.5 Å². The number of nitrogens with two attached hydrogens (primary N) is 1. The minimum atomic E-state index is -0.830. The van der Waals surface area contributed by atoms with Gasteiger partial charge in [0.15, 0.2) is 11.3 Å². The van der Waals surface area contributed by atoms with Crippen molar-refractivity contribution in [3.63, 3.8) is 0 Å². The van der Waals surface area contributed by atoms with Crippen LogP contribution >= 0.6 is 0 Å². The second-order valence-electron chi connectivity index (χ2n) is 4.26. The first-order chi connectivity index (χ1) is 10.1. The number of carbonyl (C=O) groups is 1. The third-order valence-corrected chi connectivity index (χ3v) is 2.89. The molecule has 1 atom stereocenters. The molecule has 2 aromatic rings. The lowest BCUT2D eigenvalue weighted by Crippen LogP contribution is -2.39. The van der Waals surface area contributed by atoms with Crippen molar-refractivity contribution in [2.75, 3.05) is 0 Å². The summed E-state index contributed by atoms with van der Waals surface area (Å²) < 4.78 is 0. The van der Waals surface area contributed by atoms with Crippen LogP contribution in [0.4, 0.5) is 0 Å². The van der Waals surface area contributed by atoms with Gasteiger partial charge in [0.05, 0.1) is 0 Å². The minimum Gasteiger partial charge on any atom is -0.409 e. The predicted molar refractivity (Wildman–Crippen MR) is 77.1 cm³/mol. The fourth-order valence-corrected chi connectivity index (χ4v) is 1.83.